The maximum absolute atomic E-state index is 13.0. The lowest BCUT2D eigenvalue weighted by molar-refractivity contribution is -0.149. The van der Waals surface area contributed by atoms with E-state index in [1.165, 1.54) is 14.2 Å². The highest BCUT2D eigenvalue weighted by Gasteiger charge is 2.44. The number of rotatable bonds is 11. The van der Waals surface area contributed by atoms with Crippen molar-refractivity contribution < 1.29 is 19.1 Å². The van der Waals surface area contributed by atoms with E-state index in [2.05, 4.69) is 91.0 Å². The smallest absolute Gasteiger partial charge is 0.309 e. The Labute approximate surface area is 286 Å². The Bertz CT molecular complexity index is 1370. The van der Waals surface area contributed by atoms with Crippen LogP contribution in [0.4, 0.5) is 11.9 Å². The maximum Gasteiger partial charge on any atom is 0.309 e. The third-order valence-electron chi connectivity index (χ3n) is 9.37. The van der Waals surface area contributed by atoms with Gasteiger partial charge in [0.25, 0.3) is 11.9 Å². The molecule has 2 atom stereocenters. The van der Waals surface area contributed by atoms with Gasteiger partial charge >= 0.3 is 11.9 Å². The number of nitrogens with one attached hydrogen (secondary N) is 2. The van der Waals surface area contributed by atoms with Crippen LogP contribution in [0.25, 0.3) is 11.4 Å². The molecule has 0 spiro atoms. The Morgan fingerprint density at radius 1 is 0.708 bits per heavy atom. The summed E-state index contributed by atoms with van der Waals surface area (Å²) in [5.74, 6) is -0.144. The van der Waals surface area contributed by atoms with Gasteiger partial charge in [0.15, 0.2) is 5.82 Å². The predicted molar refractivity (Wildman–Crippen MR) is 190 cm³/mol. The average Bonchev–Trinajstić information content (AvgIpc) is 2.98. The van der Waals surface area contributed by atoms with Crippen LogP contribution in [0.3, 0.4) is 0 Å². The normalized spacial score (nSPS) is 22.0. The van der Waals surface area contributed by atoms with Crippen molar-refractivity contribution in [2.24, 2.45) is 33.7 Å². The number of hydrogen-bond donors (Lipinski definition) is 2. The van der Waals surface area contributed by atoms with Gasteiger partial charge in [-0.2, -0.15) is 15.0 Å². The first-order chi connectivity index (χ1) is 22.4. The van der Waals surface area contributed by atoms with Gasteiger partial charge in [0.05, 0.1) is 26.1 Å². The zero-order chi connectivity index (χ0) is 35.3. The van der Waals surface area contributed by atoms with Gasteiger partial charge in [0, 0.05) is 40.1 Å². The fourth-order valence-electron chi connectivity index (χ4n) is 8.32. The molecule has 0 bridgehead atoms. The second kappa shape index (κ2) is 14.9. The first-order valence-corrected chi connectivity index (χ1v) is 17.0. The molecule has 1 aromatic heterocycles. The monoisotopic (exact) mass is 661 g/mol. The van der Waals surface area contributed by atoms with E-state index in [0.717, 1.165) is 31.2 Å². The summed E-state index contributed by atoms with van der Waals surface area (Å²) in [5.41, 5.74) is 0.332. The largest absolute Gasteiger partial charge is 0.469 e. The molecule has 11 nitrogen and oxygen atoms in total. The van der Waals surface area contributed by atoms with Crippen molar-refractivity contribution in [3.05, 3.63) is 30.3 Å². The summed E-state index contributed by atoms with van der Waals surface area (Å²) >= 11 is 0. The zero-order valence-corrected chi connectivity index (χ0v) is 30.5. The van der Waals surface area contributed by atoms with E-state index in [-0.39, 0.29) is 69.7 Å². The Kier molecular flexibility index (Phi) is 11.6. The highest BCUT2D eigenvalue weighted by molar-refractivity contribution is 5.78. The average molecular weight is 662 g/mol. The van der Waals surface area contributed by atoms with E-state index in [4.69, 9.17) is 9.47 Å². The van der Waals surface area contributed by atoms with Crippen LogP contribution in [-0.2, 0) is 19.1 Å². The van der Waals surface area contributed by atoms with E-state index in [9.17, 15) is 9.59 Å². The molecular weight excluding hydrogens is 606 g/mol. The molecule has 262 valence electrons. The number of aromatic nitrogens is 3. The molecule has 2 N–H and O–H groups in total. The molecule has 2 aromatic rings. The number of esters is 2. The molecule has 0 amide bonds. The molecular formula is C37H55N7O4. The van der Waals surface area contributed by atoms with Gasteiger partial charge in [-0.1, -0.05) is 30.3 Å². The van der Waals surface area contributed by atoms with Crippen LogP contribution in [0.5, 0.6) is 0 Å². The molecule has 0 saturated carbocycles. The molecule has 48 heavy (non-hydrogen) atoms. The van der Waals surface area contributed by atoms with E-state index in [1.807, 2.05) is 30.3 Å². The van der Waals surface area contributed by atoms with Crippen molar-refractivity contribution in [3.63, 3.8) is 0 Å². The Balaban J connectivity index is 1.59. The number of piperidine rings is 2. The second-order valence-electron chi connectivity index (χ2n) is 16.1. The molecule has 2 unspecified atom stereocenters. The van der Waals surface area contributed by atoms with Gasteiger partial charge in [0.2, 0.25) is 0 Å². The molecule has 2 aliphatic heterocycles. The van der Waals surface area contributed by atoms with Crippen molar-refractivity contribution in [3.8, 4) is 11.4 Å². The number of hydrogen-bond acceptors (Lipinski definition) is 11. The molecule has 11 heteroatoms. The summed E-state index contributed by atoms with van der Waals surface area (Å²) in [6.45, 7) is 17.4. The van der Waals surface area contributed by atoms with Crippen LogP contribution in [0.15, 0.2) is 40.3 Å². The van der Waals surface area contributed by atoms with E-state index in [0.29, 0.717) is 18.7 Å². The third-order valence-corrected chi connectivity index (χ3v) is 9.37. The fraction of sp³-hybridized carbons (Fsp3) is 0.649. The number of carbonyl (C=O) groups excluding carboxylic acids is 2. The maximum atomic E-state index is 13.0. The van der Waals surface area contributed by atoms with Crippen molar-refractivity contribution in [1.29, 1.82) is 0 Å². The summed E-state index contributed by atoms with van der Waals surface area (Å²) in [6.07, 6.45) is 7.54. The lowest BCUT2D eigenvalue weighted by Gasteiger charge is -2.48. The van der Waals surface area contributed by atoms with Gasteiger partial charge in [-0.3, -0.25) is 9.59 Å². The SMILES string of the molecule is COC(=O)C(CC=Nc1nc(N=CCC(C(=O)OC)C2CC(C)(C)NC(C)(C)C2)nc(-c2ccccc2)n1)C1CC(C)(C)NC(C)(C)C1. The Hall–Kier alpha value is -3.57. The molecule has 1 aromatic carbocycles. The number of aliphatic imine (C=N–C) groups is 2. The van der Waals surface area contributed by atoms with Gasteiger partial charge in [-0.25, -0.2) is 9.98 Å². The number of ether oxygens (including phenoxy) is 2. The molecule has 3 heterocycles. The number of methoxy groups -OCH3 is 2. The minimum absolute atomic E-state index is 0.116. The summed E-state index contributed by atoms with van der Waals surface area (Å²) < 4.78 is 10.5. The van der Waals surface area contributed by atoms with Crippen LogP contribution in [0, 0.1) is 23.7 Å². The van der Waals surface area contributed by atoms with Crippen LogP contribution in [0.2, 0.25) is 0 Å². The lowest BCUT2D eigenvalue weighted by Crippen LogP contribution is -2.59. The standard InChI is InChI=1S/C37H55N7O4/c1-34(2)20-25(21-35(3,4)43-34)27(30(45)47-9)16-18-38-32-40-29(24-14-12-11-13-15-24)41-33(42-32)39-19-17-28(31(46)48-10)26-22-36(5,6)44-37(7,8)23-26/h11-15,18-19,25-28,43-44H,16-17,20-23H2,1-10H3. The van der Waals surface area contributed by atoms with Crippen molar-refractivity contribution in [2.45, 2.75) is 116 Å². The van der Waals surface area contributed by atoms with Crippen LogP contribution >= 0.6 is 0 Å². The topological polar surface area (TPSA) is 140 Å². The van der Waals surface area contributed by atoms with E-state index < -0.39 is 0 Å². The van der Waals surface area contributed by atoms with Gasteiger partial charge in [-0.15, -0.1) is 0 Å². The van der Waals surface area contributed by atoms with E-state index in [1.54, 1.807) is 12.4 Å². The lowest BCUT2D eigenvalue weighted by atomic mass is 9.70. The van der Waals surface area contributed by atoms with Gasteiger partial charge in [-0.05, 0) is 106 Å². The molecule has 0 aliphatic carbocycles. The summed E-state index contributed by atoms with van der Waals surface area (Å²) in [7, 11) is 2.87. The highest BCUT2D eigenvalue weighted by atomic mass is 16.5. The van der Waals surface area contributed by atoms with Crippen LogP contribution < -0.4 is 10.6 Å². The molecule has 2 saturated heterocycles. The second-order valence-corrected chi connectivity index (χ2v) is 16.1. The molecule has 0 radical (unpaired) electrons. The summed E-state index contributed by atoms with van der Waals surface area (Å²) in [4.78, 5) is 49.0. The summed E-state index contributed by atoms with van der Waals surface area (Å²) in [5, 5.41) is 7.38. The zero-order valence-electron chi connectivity index (χ0n) is 30.5. The minimum atomic E-state index is -0.354. The fourth-order valence-corrected chi connectivity index (χ4v) is 8.32. The number of carbonyl (C=O) groups is 2. The summed E-state index contributed by atoms with van der Waals surface area (Å²) in [6, 6.07) is 9.58. The van der Waals surface area contributed by atoms with Crippen molar-refractivity contribution in [2.75, 3.05) is 14.2 Å². The van der Waals surface area contributed by atoms with Crippen LogP contribution in [0.1, 0.15) is 93.9 Å². The van der Waals surface area contributed by atoms with Crippen molar-refractivity contribution in [1.82, 2.24) is 25.6 Å². The third kappa shape index (κ3) is 10.2. The highest BCUT2D eigenvalue weighted by Crippen LogP contribution is 2.40. The Morgan fingerprint density at radius 3 is 1.44 bits per heavy atom. The van der Waals surface area contributed by atoms with E-state index >= 15 is 0 Å². The van der Waals surface area contributed by atoms with Gasteiger partial charge in [0.1, 0.15) is 0 Å². The predicted octanol–water partition coefficient (Wildman–Crippen LogP) is 6.42. The molecule has 2 aliphatic rings. The van der Waals surface area contributed by atoms with Crippen LogP contribution in [-0.4, -0.2) is 75.7 Å². The van der Waals surface area contributed by atoms with Crippen molar-refractivity contribution >= 4 is 36.3 Å². The quantitative estimate of drug-likeness (QED) is 0.206. The Morgan fingerprint density at radius 2 is 1.08 bits per heavy atom. The van der Waals surface area contributed by atoms with Gasteiger partial charge < -0.3 is 20.1 Å². The first kappa shape index (κ1) is 37.3. The number of nitrogens with zero attached hydrogens (tertiary/aromatic N) is 5. The first-order valence-electron chi connectivity index (χ1n) is 17.0. The number of benzene rings is 1. The minimum Gasteiger partial charge on any atom is -0.469 e. The molecule has 4 rings (SSSR count). The molecule has 2 fully saturated rings.